The second kappa shape index (κ2) is 7.90. The number of carbonyl (C=O) groups excluding carboxylic acids is 3. The third kappa shape index (κ3) is 2.70. The maximum absolute atomic E-state index is 14.1. The van der Waals surface area contributed by atoms with Gasteiger partial charge in [0, 0.05) is 41.3 Å². The molecule has 0 spiro atoms. The Morgan fingerprint density at radius 3 is 2.31 bits per heavy atom. The zero-order valence-corrected chi connectivity index (χ0v) is 22.6. The molecule has 0 bridgehead atoms. The van der Waals surface area contributed by atoms with Crippen LogP contribution in [0.1, 0.15) is 67.7 Å². The molecule has 200 valence electrons. The SMILES string of the molecule is COC(=O)C12C(=O)C(C)=C(O)C1(C)C(C)=CC1C3(CO)CCC(OC(C)=O)C(C)(C)C3C(O)CC12C. The summed E-state index contributed by atoms with van der Waals surface area (Å²) in [6, 6.07) is 0. The molecule has 0 aromatic carbocycles. The Morgan fingerprint density at radius 2 is 1.78 bits per heavy atom. The summed E-state index contributed by atoms with van der Waals surface area (Å²) in [5, 5.41) is 34.2. The predicted octanol–water partition coefficient (Wildman–Crippen LogP) is 3.26. The van der Waals surface area contributed by atoms with Gasteiger partial charge in [-0.05, 0) is 46.0 Å². The molecular weight excluding hydrogens is 464 g/mol. The van der Waals surface area contributed by atoms with Gasteiger partial charge in [-0.2, -0.15) is 0 Å². The maximum Gasteiger partial charge on any atom is 0.321 e. The lowest BCUT2D eigenvalue weighted by molar-refractivity contribution is -0.257. The summed E-state index contributed by atoms with van der Waals surface area (Å²) in [6.45, 7) is 11.8. The number of carbonyl (C=O) groups is 3. The molecule has 2 saturated carbocycles. The molecule has 2 fully saturated rings. The highest BCUT2D eigenvalue weighted by atomic mass is 16.5. The van der Waals surface area contributed by atoms with Crippen molar-refractivity contribution in [1.29, 1.82) is 0 Å². The average Bonchev–Trinajstić information content (AvgIpc) is 2.95. The van der Waals surface area contributed by atoms with Crippen LogP contribution in [0, 0.1) is 38.9 Å². The number of ether oxygens (including phenoxy) is 2. The predicted molar refractivity (Wildman–Crippen MR) is 130 cm³/mol. The van der Waals surface area contributed by atoms with Crippen LogP contribution in [0.25, 0.3) is 0 Å². The summed E-state index contributed by atoms with van der Waals surface area (Å²) in [6.07, 6.45) is 1.50. The molecule has 3 N–H and O–H groups in total. The average molecular weight is 505 g/mol. The van der Waals surface area contributed by atoms with Gasteiger partial charge in [0.1, 0.15) is 11.9 Å². The number of ketones is 1. The Balaban J connectivity index is 2.02. The molecular formula is C28H40O8. The van der Waals surface area contributed by atoms with Gasteiger partial charge in [0.25, 0.3) is 0 Å². The molecule has 0 aromatic rings. The van der Waals surface area contributed by atoms with Crippen LogP contribution in [-0.2, 0) is 23.9 Å². The molecule has 0 radical (unpaired) electrons. The molecule has 8 atom stereocenters. The van der Waals surface area contributed by atoms with E-state index in [9.17, 15) is 29.7 Å². The molecule has 8 heteroatoms. The lowest BCUT2D eigenvalue weighted by Gasteiger charge is -2.70. The largest absolute Gasteiger partial charge is 0.511 e. The first-order valence-corrected chi connectivity index (χ1v) is 12.7. The fraction of sp³-hybridized carbons (Fsp3) is 0.750. The minimum absolute atomic E-state index is 0.0705. The van der Waals surface area contributed by atoms with Gasteiger partial charge < -0.3 is 24.8 Å². The number of fused-ring (bicyclic) bond motifs is 5. The quantitative estimate of drug-likeness (QED) is 0.303. The van der Waals surface area contributed by atoms with Crippen molar-refractivity contribution in [3.8, 4) is 0 Å². The zero-order chi connectivity index (χ0) is 27.2. The van der Waals surface area contributed by atoms with E-state index in [4.69, 9.17) is 9.47 Å². The van der Waals surface area contributed by atoms with Crippen LogP contribution in [0.5, 0.6) is 0 Å². The van der Waals surface area contributed by atoms with Crippen molar-refractivity contribution in [2.45, 2.75) is 79.9 Å². The van der Waals surface area contributed by atoms with Crippen LogP contribution in [0.3, 0.4) is 0 Å². The second-order valence-corrected chi connectivity index (χ2v) is 12.5. The summed E-state index contributed by atoms with van der Waals surface area (Å²) in [7, 11) is 1.23. The van der Waals surface area contributed by atoms with Crippen LogP contribution in [0.15, 0.2) is 23.0 Å². The van der Waals surface area contributed by atoms with Crippen LogP contribution in [0.2, 0.25) is 0 Å². The fourth-order valence-electron chi connectivity index (χ4n) is 9.41. The highest BCUT2D eigenvalue weighted by Crippen LogP contribution is 2.77. The first-order valence-electron chi connectivity index (χ1n) is 12.7. The first kappa shape index (κ1) is 26.9. The van der Waals surface area contributed by atoms with E-state index in [0.717, 1.165) is 0 Å². The zero-order valence-electron chi connectivity index (χ0n) is 22.6. The molecule has 0 saturated heterocycles. The van der Waals surface area contributed by atoms with Crippen molar-refractivity contribution in [1.82, 2.24) is 0 Å². The minimum Gasteiger partial charge on any atom is -0.511 e. The number of hydrogen-bond acceptors (Lipinski definition) is 8. The molecule has 4 aliphatic carbocycles. The van der Waals surface area contributed by atoms with Gasteiger partial charge in [-0.1, -0.05) is 32.4 Å². The second-order valence-electron chi connectivity index (χ2n) is 12.5. The normalized spacial score (nSPS) is 45.3. The molecule has 4 rings (SSSR count). The lowest BCUT2D eigenvalue weighted by atomic mass is 9.33. The van der Waals surface area contributed by atoms with Crippen molar-refractivity contribution >= 4 is 17.7 Å². The van der Waals surface area contributed by atoms with E-state index in [1.807, 2.05) is 26.8 Å². The summed E-state index contributed by atoms with van der Waals surface area (Å²) >= 11 is 0. The van der Waals surface area contributed by atoms with Crippen molar-refractivity contribution in [3.63, 3.8) is 0 Å². The Bertz CT molecular complexity index is 1090. The monoisotopic (exact) mass is 504 g/mol. The third-order valence-corrected chi connectivity index (χ3v) is 10.9. The summed E-state index contributed by atoms with van der Waals surface area (Å²) in [4.78, 5) is 39.8. The number of aliphatic hydroxyl groups excluding tert-OH is 3. The van der Waals surface area contributed by atoms with Gasteiger partial charge in [0.2, 0.25) is 0 Å². The van der Waals surface area contributed by atoms with Gasteiger partial charge >= 0.3 is 11.9 Å². The third-order valence-electron chi connectivity index (χ3n) is 10.9. The van der Waals surface area contributed by atoms with Crippen LogP contribution >= 0.6 is 0 Å². The van der Waals surface area contributed by atoms with Crippen LogP contribution < -0.4 is 0 Å². The highest BCUT2D eigenvalue weighted by Gasteiger charge is 2.81. The summed E-state index contributed by atoms with van der Waals surface area (Å²) in [5.74, 6) is -2.77. The maximum atomic E-state index is 14.1. The van der Waals surface area contributed by atoms with Crippen LogP contribution in [-0.4, -0.2) is 59.0 Å². The number of esters is 2. The molecule has 36 heavy (non-hydrogen) atoms. The van der Waals surface area contributed by atoms with Gasteiger partial charge in [-0.3, -0.25) is 14.4 Å². The van der Waals surface area contributed by atoms with E-state index in [-0.39, 0.29) is 24.4 Å². The van der Waals surface area contributed by atoms with E-state index in [0.29, 0.717) is 18.4 Å². The molecule has 0 aromatic heterocycles. The van der Waals surface area contributed by atoms with Crippen molar-refractivity contribution < 1.29 is 39.2 Å². The first-order chi connectivity index (χ1) is 16.5. The van der Waals surface area contributed by atoms with Gasteiger partial charge in [-0.15, -0.1) is 0 Å². The molecule has 0 amide bonds. The molecule has 8 unspecified atom stereocenters. The van der Waals surface area contributed by atoms with E-state index in [2.05, 4.69) is 0 Å². The lowest BCUT2D eigenvalue weighted by Crippen LogP contribution is -2.73. The van der Waals surface area contributed by atoms with E-state index in [1.54, 1.807) is 13.8 Å². The smallest absolute Gasteiger partial charge is 0.321 e. The van der Waals surface area contributed by atoms with E-state index < -0.39 is 68.8 Å². The number of allylic oxidation sites excluding steroid dienone is 3. The van der Waals surface area contributed by atoms with Crippen molar-refractivity contribution in [2.24, 2.45) is 38.9 Å². The summed E-state index contributed by atoms with van der Waals surface area (Å²) in [5.41, 5.74) is -5.16. The Kier molecular flexibility index (Phi) is 5.90. The topological polar surface area (TPSA) is 130 Å². The van der Waals surface area contributed by atoms with Gasteiger partial charge in [0.05, 0.1) is 18.6 Å². The Labute approximate surface area is 212 Å². The van der Waals surface area contributed by atoms with E-state index >= 15 is 0 Å². The number of hydrogen-bond donors (Lipinski definition) is 3. The van der Waals surface area contributed by atoms with Gasteiger partial charge in [-0.25, -0.2) is 0 Å². The molecule has 8 nitrogen and oxygen atoms in total. The fourth-order valence-corrected chi connectivity index (χ4v) is 9.41. The standard InChI is InChI=1S/C28H40O8/c1-14-11-18-25(6,28(23(34)35-8)22(33)15(2)21(32)26(14,28)7)12-17(31)20-24(4,5)19(36-16(3)30)9-10-27(18,20)13-29/h11,17-20,29,31-32H,9-10,12-13H2,1-8H3. The number of aliphatic hydroxyl groups is 3. The number of rotatable bonds is 3. The van der Waals surface area contributed by atoms with Crippen LogP contribution in [0.4, 0.5) is 0 Å². The van der Waals surface area contributed by atoms with Gasteiger partial charge in [0.15, 0.2) is 11.2 Å². The Hall–Kier alpha value is -2.19. The number of Topliss-reactive ketones (excluding diaryl/α,β-unsaturated/α-hetero) is 1. The molecule has 0 heterocycles. The number of methoxy groups -OCH3 is 1. The highest BCUT2D eigenvalue weighted by molar-refractivity contribution is 6.17. The molecule has 4 aliphatic rings. The molecule has 0 aliphatic heterocycles. The summed E-state index contributed by atoms with van der Waals surface area (Å²) < 4.78 is 11.0. The van der Waals surface area contributed by atoms with Crippen molar-refractivity contribution in [2.75, 3.05) is 13.7 Å². The Morgan fingerprint density at radius 1 is 1.17 bits per heavy atom. The van der Waals surface area contributed by atoms with Crippen molar-refractivity contribution in [3.05, 3.63) is 23.0 Å². The minimum atomic E-state index is -1.81. The van der Waals surface area contributed by atoms with E-state index in [1.165, 1.54) is 21.0 Å².